The predicted molar refractivity (Wildman–Crippen MR) is 119 cm³/mol. The number of fused-ring (bicyclic) bond motifs is 6. The summed E-state index contributed by atoms with van der Waals surface area (Å²) in [6.07, 6.45) is 1.61. The van der Waals surface area contributed by atoms with Crippen molar-refractivity contribution in [3.05, 3.63) is 93.9 Å². The Hall–Kier alpha value is -4.00. The molecule has 7 nitrogen and oxygen atoms in total. The Kier molecular flexibility index (Phi) is 3.81. The fourth-order valence-electron chi connectivity index (χ4n) is 4.23. The summed E-state index contributed by atoms with van der Waals surface area (Å²) in [6.45, 7) is 6.18. The van der Waals surface area contributed by atoms with Gasteiger partial charge in [-0.25, -0.2) is 19.3 Å². The summed E-state index contributed by atoms with van der Waals surface area (Å²) in [5.74, 6) is 1.13. The summed E-state index contributed by atoms with van der Waals surface area (Å²) in [5, 5.41) is 5.36. The van der Waals surface area contributed by atoms with Crippen LogP contribution in [0.15, 0.2) is 70.1 Å². The minimum absolute atomic E-state index is 0.246. The Bertz CT molecular complexity index is 1560. The van der Waals surface area contributed by atoms with Gasteiger partial charge in [-0.3, -0.25) is 0 Å². The van der Waals surface area contributed by atoms with Crippen LogP contribution in [0.3, 0.4) is 0 Å². The second-order valence-electron chi connectivity index (χ2n) is 8.99. The van der Waals surface area contributed by atoms with E-state index in [0.29, 0.717) is 39.8 Å². The van der Waals surface area contributed by atoms with Crippen LogP contribution < -0.4 is 10.4 Å². The molecular weight excluding hydrogens is 404 g/mol. The van der Waals surface area contributed by atoms with Crippen molar-refractivity contribution in [2.24, 2.45) is 0 Å². The van der Waals surface area contributed by atoms with Gasteiger partial charge in [-0.15, -0.1) is 5.10 Å². The first-order chi connectivity index (χ1) is 15.4. The normalized spacial score (nSPS) is 15.4. The van der Waals surface area contributed by atoms with Crippen molar-refractivity contribution >= 4 is 16.6 Å². The highest BCUT2D eigenvalue weighted by atomic mass is 16.5. The van der Waals surface area contributed by atoms with Crippen molar-refractivity contribution < 1.29 is 9.15 Å². The van der Waals surface area contributed by atoms with Crippen LogP contribution in [0, 0.1) is 0 Å². The number of ether oxygens (including phenoxy) is 1. The van der Waals surface area contributed by atoms with E-state index in [1.54, 1.807) is 16.9 Å². The van der Waals surface area contributed by atoms with Crippen molar-refractivity contribution in [1.29, 1.82) is 0 Å². The van der Waals surface area contributed by atoms with Crippen LogP contribution in [0.4, 0.5) is 0 Å². The van der Waals surface area contributed by atoms with E-state index in [-0.39, 0.29) is 5.41 Å². The van der Waals surface area contributed by atoms with E-state index in [2.05, 4.69) is 30.9 Å². The zero-order valence-electron chi connectivity index (χ0n) is 17.9. The topological polar surface area (TPSA) is 82.5 Å². The molecule has 0 N–H and O–H groups in total. The van der Waals surface area contributed by atoms with Crippen molar-refractivity contribution in [3.8, 4) is 11.6 Å². The van der Waals surface area contributed by atoms with E-state index >= 15 is 0 Å². The Labute approximate surface area is 183 Å². The molecule has 0 spiro atoms. The van der Waals surface area contributed by atoms with Crippen LogP contribution in [0.2, 0.25) is 0 Å². The fourth-order valence-corrected chi connectivity index (χ4v) is 4.23. The Morgan fingerprint density at radius 1 is 0.969 bits per heavy atom. The zero-order valence-corrected chi connectivity index (χ0v) is 17.9. The molecule has 0 saturated carbocycles. The van der Waals surface area contributed by atoms with Gasteiger partial charge in [-0.2, -0.15) is 0 Å². The van der Waals surface area contributed by atoms with Crippen LogP contribution in [-0.2, 0) is 5.41 Å². The van der Waals surface area contributed by atoms with Gasteiger partial charge in [0.15, 0.2) is 17.2 Å². The van der Waals surface area contributed by atoms with E-state index in [1.807, 2.05) is 48.5 Å². The van der Waals surface area contributed by atoms with E-state index in [4.69, 9.17) is 14.1 Å². The van der Waals surface area contributed by atoms with Crippen molar-refractivity contribution in [1.82, 2.24) is 19.6 Å². The second-order valence-corrected chi connectivity index (χ2v) is 8.99. The van der Waals surface area contributed by atoms with Crippen LogP contribution in [0.1, 0.15) is 49.2 Å². The lowest BCUT2D eigenvalue weighted by molar-refractivity contribution is 0.422. The first kappa shape index (κ1) is 18.7. The van der Waals surface area contributed by atoms with Gasteiger partial charge in [-0.1, -0.05) is 63.2 Å². The van der Waals surface area contributed by atoms with Gasteiger partial charge in [0.1, 0.15) is 11.9 Å². The summed E-state index contributed by atoms with van der Waals surface area (Å²) >= 11 is 0. The molecule has 6 rings (SSSR count). The van der Waals surface area contributed by atoms with Crippen molar-refractivity contribution in [2.45, 2.75) is 32.1 Å². The minimum Gasteiger partial charge on any atom is -0.437 e. The largest absolute Gasteiger partial charge is 0.437 e. The summed E-state index contributed by atoms with van der Waals surface area (Å²) in [6, 6.07) is 17.2. The fraction of sp³-hybridized carbons (Fsp3) is 0.200. The Morgan fingerprint density at radius 3 is 2.50 bits per heavy atom. The molecule has 0 radical (unpaired) electrons. The number of hydrogen-bond donors (Lipinski definition) is 0. The van der Waals surface area contributed by atoms with Gasteiger partial charge < -0.3 is 9.15 Å². The number of benzene rings is 2. The molecule has 0 saturated heterocycles. The molecule has 0 fully saturated rings. The first-order valence-corrected chi connectivity index (χ1v) is 10.5. The van der Waals surface area contributed by atoms with E-state index < -0.39 is 11.5 Å². The van der Waals surface area contributed by atoms with Crippen molar-refractivity contribution in [2.75, 3.05) is 0 Å². The molecule has 4 heterocycles. The van der Waals surface area contributed by atoms with Crippen molar-refractivity contribution in [3.63, 3.8) is 0 Å². The maximum absolute atomic E-state index is 13.3. The molecule has 158 valence electrons. The van der Waals surface area contributed by atoms with Gasteiger partial charge in [0.2, 0.25) is 5.88 Å². The molecular formula is C25H20N4O3. The Morgan fingerprint density at radius 2 is 1.72 bits per heavy atom. The molecule has 32 heavy (non-hydrogen) atoms. The van der Waals surface area contributed by atoms with E-state index in [0.717, 1.165) is 10.9 Å². The highest BCUT2D eigenvalue weighted by Crippen LogP contribution is 2.48. The lowest BCUT2D eigenvalue weighted by atomic mass is 9.84. The highest BCUT2D eigenvalue weighted by molar-refractivity contribution is 5.86. The zero-order chi connectivity index (χ0) is 22.0. The molecule has 2 aromatic carbocycles. The third kappa shape index (κ3) is 2.67. The highest BCUT2D eigenvalue weighted by Gasteiger charge is 2.37. The van der Waals surface area contributed by atoms with Gasteiger partial charge >= 0.3 is 5.63 Å². The smallest absolute Gasteiger partial charge is 0.344 e. The standard InChI is InChI=1S/C25H20N4O3/c1-25(2,3)24-27-21-19-17(14-9-5-4-6-10-14)18-20(32-22(19)26-13-29(21)28-24)15-11-7-8-12-16(15)31-23(18)30/h4-13,17H,1-3H3. The quantitative estimate of drug-likeness (QED) is 0.352. The number of para-hydroxylation sites is 1. The summed E-state index contributed by atoms with van der Waals surface area (Å²) in [4.78, 5) is 22.7. The predicted octanol–water partition coefficient (Wildman–Crippen LogP) is 4.81. The van der Waals surface area contributed by atoms with Crippen LogP contribution in [0.25, 0.3) is 16.6 Å². The maximum Gasteiger partial charge on any atom is 0.344 e. The number of nitrogens with zero attached hydrogens (tertiary/aromatic N) is 4. The lowest BCUT2D eigenvalue weighted by Crippen LogP contribution is -2.22. The summed E-state index contributed by atoms with van der Waals surface area (Å²) in [7, 11) is 0. The molecule has 1 unspecified atom stereocenters. The molecule has 7 heteroatoms. The number of hydrogen-bond acceptors (Lipinski definition) is 6. The van der Waals surface area contributed by atoms with E-state index in [9.17, 15) is 4.79 Å². The molecule has 0 aliphatic carbocycles. The Balaban J connectivity index is 1.73. The number of aromatic nitrogens is 4. The molecule has 1 atom stereocenters. The summed E-state index contributed by atoms with van der Waals surface area (Å²) < 4.78 is 13.6. The molecule has 5 aromatic rings. The van der Waals surface area contributed by atoms with Gasteiger partial charge in [0.25, 0.3) is 0 Å². The third-order valence-electron chi connectivity index (χ3n) is 5.77. The minimum atomic E-state index is -0.455. The SMILES string of the molecule is CC(C)(C)c1nc2c3c(ncn2n1)Oc1c(c(=O)oc2ccccc12)C3c1ccccc1. The molecule has 1 aliphatic heterocycles. The summed E-state index contributed by atoms with van der Waals surface area (Å²) in [5.41, 5.74) is 2.49. The average molecular weight is 424 g/mol. The van der Waals surface area contributed by atoms with Gasteiger partial charge in [0.05, 0.1) is 22.4 Å². The molecule has 1 aliphatic rings. The molecule has 3 aromatic heterocycles. The third-order valence-corrected chi connectivity index (χ3v) is 5.77. The molecule has 0 amide bonds. The average Bonchev–Trinajstić information content (AvgIpc) is 3.24. The second kappa shape index (κ2) is 6.50. The monoisotopic (exact) mass is 424 g/mol. The first-order valence-electron chi connectivity index (χ1n) is 10.5. The van der Waals surface area contributed by atoms with Gasteiger partial charge in [-0.05, 0) is 17.7 Å². The van der Waals surface area contributed by atoms with Crippen LogP contribution >= 0.6 is 0 Å². The maximum atomic E-state index is 13.3. The van der Waals surface area contributed by atoms with Gasteiger partial charge in [0, 0.05) is 5.41 Å². The lowest BCUT2D eigenvalue weighted by Gasteiger charge is -2.27. The number of rotatable bonds is 1. The van der Waals surface area contributed by atoms with Crippen LogP contribution in [0.5, 0.6) is 11.6 Å². The van der Waals surface area contributed by atoms with Crippen LogP contribution in [-0.4, -0.2) is 19.6 Å². The molecule has 0 bridgehead atoms. The van der Waals surface area contributed by atoms with E-state index in [1.165, 1.54) is 0 Å².